The van der Waals surface area contributed by atoms with Crippen molar-refractivity contribution in [1.82, 2.24) is 0 Å². The molecule has 0 spiro atoms. The molecule has 0 aliphatic rings. The molecule has 0 rings (SSSR count). The molecule has 13 heavy (non-hydrogen) atoms. The number of aliphatic hydroxyl groups is 1. The van der Waals surface area contributed by atoms with E-state index in [4.69, 9.17) is 10.8 Å². The SMILES string of the molecule is CC(CN)S(=O)CCCCCCO. The first-order valence-electron chi connectivity index (χ1n) is 4.90. The van der Waals surface area contributed by atoms with Gasteiger partial charge < -0.3 is 10.8 Å². The molecule has 2 unspecified atom stereocenters. The summed E-state index contributed by atoms with van der Waals surface area (Å²) in [6.45, 7) is 2.69. The maximum Gasteiger partial charge on any atom is 0.0442 e. The zero-order chi connectivity index (χ0) is 10.1. The van der Waals surface area contributed by atoms with Crippen LogP contribution in [0, 0.1) is 0 Å². The monoisotopic (exact) mass is 207 g/mol. The van der Waals surface area contributed by atoms with Gasteiger partial charge in [0.25, 0.3) is 0 Å². The maximum absolute atomic E-state index is 11.4. The molecule has 0 aliphatic carbocycles. The first kappa shape index (κ1) is 13.1. The molecule has 0 aromatic heterocycles. The molecule has 80 valence electrons. The maximum atomic E-state index is 11.4. The molecule has 0 aromatic rings. The third-order valence-corrected chi connectivity index (χ3v) is 3.82. The molecular formula is C9H21NO2S. The highest BCUT2D eigenvalue weighted by atomic mass is 32.2. The summed E-state index contributed by atoms with van der Waals surface area (Å²) in [6.07, 6.45) is 3.93. The number of hydrogen-bond acceptors (Lipinski definition) is 3. The molecule has 0 heterocycles. The summed E-state index contributed by atoms with van der Waals surface area (Å²) in [7, 11) is -0.758. The van der Waals surface area contributed by atoms with Crippen LogP contribution in [-0.2, 0) is 10.8 Å². The molecule has 0 radical (unpaired) electrons. The van der Waals surface area contributed by atoms with Crippen molar-refractivity contribution in [2.45, 2.75) is 37.9 Å². The fourth-order valence-corrected chi connectivity index (χ4v) is 2.12. The van der Waals surface area contributed by atoms with E-state index in [0.29, 0.717) is 6.54 Å². The second-order valence-corrected chi connectivity index (χ2v) is 5.24. The second kappa shape index (κ2) is 8.66. The van der Waals surface area contributed by atoms with E-state index in [2.05, 4.69) is 0 Å². The van der Waals surface area contributed by atoms with Gasteiger partial charge in [0.2, 0.25) is 0 Å². The smallest absolute Gasteiger partial charge is 0.0442 e. The fraction of sp³-hybridized carbons (Fsp3) is 1.00. The van der Waals surface area contributed by atoms with Crippen molar-refractivity contribution in [2.75, 3.05) is 18.9 Å². The van der Waals surface area contributed by atoms with Crippen molar-refractivity contribution in [3.63, 3.8) is 0 Å². The van der Waals surface area contributed by atoms with E-state index in [0.717, 1.165) is 31.4 Å². The molecular weight excluding hydrogens is 186 g/mol. The highest BCUT2D eigenvalue weighted by Gasteiger charge is 2.07. The van der Waals surface area contributed by atoms with Gasteiger partial charge in [-0.2, -0.15) is 0 Å². The van der Waals surface area contributed by atoms with Gasteiger partial charge in [-0.25, -0.2) is 0 Å². The molecule has 0 saturated heterocycles. The van der Waals surface area contributed by atoms with Crippen LogP contribution in [0.2, 0.25) is 0 Å². The van der Waals surface area contributed by atoms with Gasteiger partial charge in [0.15, 0.2) is 0 Å². The normalized spacial score (nSPS) is 15.6. The lowest BCUT2D eigenvalue weighted by atomic mass is 10.2. The van der Waals surface area contributed by atoms with Crippen molar-refractivity contribution in [3.8, 4) is 0 Å². The molecule has 0 aliphatic heterocycles. The molecule has 0 aromatic carbocycles. The van der Waals surface area contributed by atoms with Crippen LogP contribution in [0.4, 0.5) is 0 Å². The average molecular weight is 207 g/mol. The van der Waals surface area contributed by atoms with Crippen molar-refractivity contribution in [3.05, 3.63) is 0 Å². The van der Waals surface area contributed by atoms with Gasteiger partial charge in [-0.05, 0) is 19.8 Å². The predicted molar refractivity (Wildman–Crippen MR) is 57.1 cm³/mol. The largest absolute Gasteiger partial charge is 0.396 e. The minimum Gasteiger partial charge on any atom is -0.396 e. The highest BCUT2D eigenvalue weighted by Crippen LogP contribution is 2.03. The van der Waals surface area contributed by atoms with E-state index >= 15 is 0 Å². The molecule has 0 saturated carbocycles. The number of hydrogen-bond donors (Lipinski definition) is 2. The molecule has 0 amide bonds. The summed E-state index contributed by atoms with van der Waals surface area (Å²) in [5.41, 5.74) is 5.40. The number of nitrogens with two attached hydrogens (primary N) is 1. The quantitative estimate of drug-likeness (QED) is 0.574. The third kappa shape index (κ3) is 7.16. The van der Waals surface area contributed by atoms with Gasteiger partial charge in [0.05, 0.1) is 0 Å². The highest BCUT2D eigenvalue weighted by molar-refractivity contribution is 7.85. The van der Waals surface area contributed by atoms with Gasteiger partial charge in [-0.1, -0.05) is 12.8 Å². The Bertz CT molecular complexity index is 142. The van der Waals surface area contributed by atoms with Crippen LogP contribution in [-0.4, -0.2) is 33.5 Å². The predicted octanol–water partition coefficient (Wildman–Crippen LogP) is 0.635. The van der Waals surface area contributed by atoms with Crippen LogP contribution in [0.25, 0.3) is 0 Å². The minimum absolute atomic E-state index is 0.123. The van der Waals surface area contributed by atoms with Crippen molar-refractivity contribution < 1.29 is 9.32 Å². The summed E-state index contributed by atoms with van der Waals surface area (Å²) >= 11 is 0. The van der Waals surface area contributed by atoms with E-state index in [1.807, 2.05) is 6.92 Å². The van der Waals surface area contributed by atoms with Crippen LogP contribution in [0.15, 0.2) is 0 Å². The van der Waals surface area contributed by atoms with E-state index in [-0.39, 0.29) is 11.9 Å². The van der Waals surface area contributed by atoms with Crippen molar-refractivity contribution in [1.29, 1.82) is 0 Å². The lowest BCUT2D eigenvalue weighted by Gasteiger charge is -2.07. The Labute approximate surface area is 83.2 Å². The van der Waals surface area contributed by atoms with E-state index < -0.39 is 10.8 Å². The van der Waals surface area contributed by atoms with Crippen molar-refractivity contribution >= 4 is 10.8 Å². The summed E-state index contributed by atoms with van der Waals surface area (Å²) in [6, 6.07) is 0. The Balaban J connectivity index is 3.27. The Kier molecular flexibility index (Phi) is 8.71. The van der Waals surface area contributed by atoms with Crippen molar-refractivity contribution in [2.24, 2.45) is 5.73 Å². The van der Waals surface area contributed by atoms with Crippen LogP contribution in [0.1, 0.15) is 32.6 Å². The topological polar surface area (TPSA) is 63.3 Å². The Morgan fingerprint density at radius 2 is 1.92 bits per heavy atom. The number of rotatable bonds is 8. The summed E-state index contributed by atoms with van der Waals surface area (Å²) in [4.78, 5) is 0. The average Bonchev–Trinajstić information content (AvgIpc) is 2.16. The van der Waals surface area contributed by atoms with Gasteiger partial charge in [-0.15, -0.1) is 0 Å². The van der Waals surface area contributed by atoms with Gasteiger partial charge in [-0.3, -0.25) is 4.21 Å². The summed E-state index contributed by atoms with van der Waals surface area (Å²) in [5.74, 6) is 0.754. The molecule has 3 N–H and O–H groups in total. The van der Waals surface area contributed by atoms with Crippen LogP contribution in [0.5, 0.6) is 0 Å². The van der Waals surface area contributed by atoms with Gasteiger partial charge in [0.1, 0.15) is 0 Å². The van der Waals surface area contributed by atoms with Gasteiger partial charge >= 0.3 is 0 Å². The first-order chi connectivity index (χ1) is 6.22. The standard InChI is InChI=1S/C9H21NO2S/c1-9(8-10)13(12)7-5-3-2-4-6-11/h9,11H,2-8,10H2,1H3. The van der Waals surface area contributed by atoms with E-state index in [1.54, 1.807) is 0 Å². The third-order valence-electron chi connectivity index (χ3n) is 2.03. The summed E-state index contributed by atoms with van der Waals surface area (Å²) < 4.78 is 11.4. The number of aliphatic hydroxyl groups excluding tert-OH is 1. The second-order valence-electron chi connectivity index (χ2n) is 3.27. The minimum atomic E-state index is -0.758. The molecule has 0 bridgehead atoms. The lowest BCUT2D eigenvalue weighted by Crippen LogP contribution is -2.23. The zero-order valence-corrected chi connectivity index (χ0v) is 9.18. The first-order valence-corrected chi connectivity index (χ1v) is 6.28. The Hall–Kier alpha value is 0.0700. The van der Waals surface area contributed by atoms with Crippen LogP contribution >= 0.6 is 0 Å². The molecule has 4 heteroatoms. The van der Waals surface area contributed by atoms with E-state index in [1.165, 1.54) is 0 Å². The lowest BCUT2D eigenvalue weighted by molar-refractivity contribution is 0.283. The van der Waals surface area contributed by atoms with E-state index in [9.17, 15) is 4.21 Å². The summed E-state index contributed by atoms with van der Waals surface area (Å²) in [5, 5.41) is 8.65. The Morgan fingerprint density at radius 1 is 1.31 bits per heavy atom. The van der Waals surface area contributed by atoms with Crippen LogP contribution < -0.4 is 5.73 Å². The zero-order valence-electron chi connectivity index (χ0n) is 8.37. The number of unbranched alkanes of at least 4 members (excludes halogenated alkanes) is 3. The molecule has 2 atom stereocenters. The van der Waals surface area contributed by atoms with Gasteiger partial charge in [0, 0.05) is 35.0 Å². The van der Waals surface area contributed by atoms with Crippen LogP contribution in [0.3, 0.4) is 0 Å². The molecule has 0 fully saturated rings. The Morgan fingerprint density at radius 3 is 2.46 bits per heavy atom. The fourth-order valence-electron chi connectivity index (χ4n) is 1.02. The molecule has 3 nitrogen and oxygen atoms in total.